The average molecular weight is 247 g/mol. The zero-order valence-corrected chi connectivity index (χ0v) is 10.6. The lowest BCUT2D eigenvalue weighted by atomic mass is 10.0. The molecule has 2 N–H and O–H groups in total. The number of nitrogens with one attached hydrogen (secondary N) is 1. The van der Waals surface area contributed by atoms with E-state index in [0.717, 1.165) is 6.42 Å². The molecule has 1 heterocycles. The van der Waals surface area contributed by atoms with Gasteiger partial charge in [-0.3, -0.25) is 4.79 Å². The Morgan fingerprint density at radius 3 is 2.83 bits per heavy atom. The maximum atomic E-state index is 11.7. The Morgan fingerprint density at radius 1 is 1.61 bits per heavy atom. The van der Waals surface area contributed by atoms with Gasteiger partial charge in [0.25, 0.3) is 5.91 Å². The molecule has 0 aromatic carbocycles. The molecule has 96 valence electrons. The van der Waals surface area contributed by atoms with Crippen molar-refractivity contribution in [1.29, 1.82) is 5.26 Å². The van der Waals surface area contributed by atoms with E-state index in [1.54, 1.807) is 0 Å². The van der Waals surface area contributed by atoms with Gasteiger partial charge in [0.05, 0.1) is 11.7 Å². The van der Waals surface area contributed by atoms with Gasteiger partial charge in [-0.1, -0.05) is 20.3 Å². The van der Waals surface area contributed by atoms with Crippen molar-refractivity contribution in [2.24, 2.45) is 5.92 Å². The summed E-state index contributed by atoms with van der Waals surface area (Å²) in [4.78, 5) is 15.6. The van der Waals surface area contributed by atoms with Crippen molar-refractivity contribution >= 4 is 5.91 Å². The van der Waals surface area contributed by atoms with Gasteiger partial charge < -0.3 is 10.4 Å². The highest BCUT2D eigenvalue weighted by Crippen LogP contribution is 2.06. The molecule has 0 fully saturated rings. The lowest BCUT2D eigenvalue weighted by molar-refractivity contribution is 0.0846. The maximum Gasteiger partial charge on any atom is 0.269 e. The van der Waals surface area contributed by atoms with E-state index in [1.807, 2.05) is 19.9 Å². The van der Waals surface area contributed by atoms with Gasteiger partial charge >= 0.3 is 0 Å². The fraction of sp³-hybridized carbons (Fsp3) is 0.462. The van der Waals surface area contributed by atoms with Gasteiger partial charge in [-0.15, -0.1) is 0 Å². The summed E-state index contributed by atoms with van der Waals surface area (Å²) in [5.74, 6) is -0.207. The Hall–Kier alpha value is -1.93. The summed E-state index contributed by atoms with van der Waals surface area (Å²) in [6.07, 6.45) is 1.64. The van der Waals surface area contributed by atoms with Crippen LogP contribution in [0.5, 0.6) is 0 Å². The zero-order chi connectivity index (χ0) is 13.5. The lowest BCUT2D eigenvalue weighted by Gasteiger charge is -2.17. The van der Waals surface area contributed by atoms with E-state index in [2.05, 4.69) is 10.3 Å². The van der Waals surface area contributed by atoms with Crippen LogP contribution in [0, 0.1) is 17.2 Å². The smallest absolute Gasteiger partial charge is 0.269 e. The van der Waals surface area contributed by atoms with Gasteiger partial charge in [-0.25, -0.2) is 4.98 Å². The second-order valence-corrected chi connectivity index (χ2v) is 4.21. The summed E-state index contributed by atoms with van der Waals surface area (Å²) in [5.41, 5.74) is 0.650. The van der Waals surface area contributed by atoms with Gasteiger partial charge in [0.1, 0.15) is 11.8 Å². The number of hydrogen-bond acceptors (Lipinski definition) is 4. The number of carbonyl (C=O) groups excluding carboxylic acids is 1. The Kier molecular flexibility index (Phi) is 5.28. The van der Waals surface area contributed by atoms with Crippen LogP contribution in [0.2, 0.25) is 0 Å². The van der Waals surface area contributed by atoms with Crippen molar-refractivity contribution in [1.82, 2.24) is 10.3 Å². The first-order chi connectivity index (χ1) is 8.58. The number of nitriles is 1. The molecule has 0 bridgehead atoms. The van der Waals surface area contributed by atoms with E-state index in [1.165, 1.54) is 18.3 Å². The van der Waals surface area contributed by atoms with E-state index >= 15 is 0 Å². The number of amides is 1. The van der Waals surface area contributed by atoms with E-state index in [4.69, 9.17) is 5.26 Å². The van der Waals surface area contributed by atoms with Gasteiger partial charge in [-0.2, -0.15) is 5.26 Å². The number of nitrogens with zero attached hydrogens (tertiary/aromatic N) is 2. The third-order valence-electron chi connectivity index (χ3n) is 2.90. The molecule has 1 aromatic heterocycles. The number of aliphatic hydroxyl groups excluding tert-OH is 1. The number of rotatable bonds is 5. The quantitative estimate of drug-likeness (QED) is 0.815. The highest BCUT2D eigenvalue weighted by molar-refractivity contribution is 5.92. The van der Waals surface area contributed by atoms with Crippen LogP contribution in [0.15, 0.2) is 18.3 Å². The average Bonchev–Trinajstić information content (AvgIpc) is 2.43. The first-order valence-electron chi connectivity index (χ1n) is 5.90. The first kappa shape index (κ1) is 14.1. The molecule has 0 radical (unpaired) electrons. The molecule has 0 aliphatic rings. The molecule has 1 amide bonds. The van der Waals surface area contributed by atoms with E-state index < -0.39 is 6.10 Å². The summed E-state index contributed by atoms with van der Waals surface area (Å²) in [6, 6.07) is 4.96. The maximum absolute atomic E-state index is 11.7. The number of hydrogen-bond donors (Lipinski definition) is 2. The third-order valence-corrected chi connectivity index (χ3v) is 2.90. The molecule has 0 aliphatic heterocycles. The molecule has 0 aliphatic carbocycles. The summed E-state index contributed by atoms with van der Waals surface area (Å²) in [5, 5.41) is 20.9. The van der Waals surface area contributed by atoms with Gasteiger partial charge in [0.2, 0.25) is 0 Å². The van der Waals surface area contributed by atoms with Crippen LogP contribution < -0.4 is 5.32 Å². The molecular weight excluding hydrogens is 230 g/mol. The molecule has 0 saturated carbocycles. The second kappa shape index (κ2) is 6.72. The van der Waals surface area contributed by atoms with Crippen molar-refractivity contribution in [3.05, 3.63) is 29.6 Å². The summed E-state index contributed by atoms with van der Waals surface area (Å²) >= 11 is 0. The fourth-order valence-electron chi connectivity index (χ4n) is 1.36. The fourth-order valence-corrected chi connectivity index (χ4v) is 1.36. The van der Waals surface area contributed by atoms with Crippen LogP contribution in [-0.4, -0.2) is 28.6 Å². The van der Waals surface area contributed by atoms with E-state index in [-0.39, 0.29) is 24.1 Å². The van der Waals surface area contributed by atoms with E-state index in [9.17, 15) is 9.90 Å². The molecule has 1 aromatic rings. The monoisotopic (exact) mass is 247 g/mol. The summed E-state index contributed by atoms with van der Waals surface area (Å²) in [7, 11) is 0. The highest BCUT2D eigenvalue weighted by Gasteiger charge is 2.14. The molecular formula is C13H17N3O2. The third kappa shape index (κ3) is 3.82. The normalized spacial score (nSPS) is 13.4. The lowest BCUT2D eigenvalue weighted by Crippen LogP contribution is -2.35. The molecule has 5 nitrogen and oxygen atoms in total. The number of carbonyl (C=O) groups is 1. The predicted octanol–water partition coefficient (Wildman–Crippen LogP) is 1.09. The Balaban J connectivity index is 2.53. The van der Waals surface area contributed by atoms with Crippen molar-refractivity contribution < 1.29 is 9.90 Å². The van der Waals surface area contributed by atoms with Gasteiger partial charge in [-0.05, 0) is 18.1 Å². The SMILES string of the molecule is CC[C@@H](C)[C@H](O)CNC(=O)c1ccc(C#N)cn1. The number of aromatic nitrogens is 1. The van der Waals surface area contributed by atoms with Crippen LogP contribution in [0.4, 0.5) is 0 Å². The minimum absolute atomic E-state index is 0.138. The predicted molar refractivity (Wildman–Crippen MR) is 66.7 cm³/mol. The molecule has 0 unspecified atom stereocenters. The van der Waals surface area contributed by atoms with Gasteiger partial charge in [0.15, 0.2) is 0 Å². The van der Waals surface area contributed by atoms with Crippen molar-refractivity contribution in [2.45, 2.75) is 26.4 Å². The first-order valence-corrected chi connectivity index (χ1v) is 5.90. The van der Waals surface area contributed by atoms with E-state index in [0.29, 0.717) is 5.56 Å². The van der Waals surface area contributed by atoms with Crippen LogP contribution in [-0.2, 0) is 0 Å². The van der Waals surface area contributed by atoms with Crippen LogP contribution >= 0.6 is 0 Å². The number of aliphatic hydroxyl groups is 1. The van der Waals surface area contributed by atoms with Crippen molar-refractivity contribution in [2.75, 3.05) is 6.54 Å². The van der Waals surface area contributed by atoms with Gasteiger partial charge in [0, 0.05) is 12.7 Å². The number of pyridine rings is 1. The Morgan fingerprint density at radius 2 is 2.33 bits per heavy atom. The van der Waals surface area contributed by atoms with Crippen molar-refractivity contribution in [3.63, 3.8) is 0 Å². The standard InChI is InChI=1S/C13H17N3O2/c1-3-9(2)12(17)8-16-13(18)11-5-4-10(6-14)7-15-11/h4-5,7,9,12,17H,3,8H2,1-2H3,(H,16,18)/t9-,12-/m1/s1. The summed E-state index contributed by atoms with van der Waals surface area (Å²) in [6.45, 7) is 4.12. The van der Waals surface area contributed by atoms with Crippen LogP contribution in [0.1, 0.15) is 36.3 Å². The molecule has 0 saturated heterocycles. The Labute approximate surface area is 106 Å². The molecule has 1 rings (SSSR count). The van der Waals surface area contributed by atoms with Crippen LogP contribution in [0.3, 0.4) is 0 Å². The van der Waals surface area contributed by atoms with Crippen molar-refractivity contribution in [3.8, 4) is 6.07 Å². The topological polar surface area (TPSA) is 86.0 Å². The Bertz CT molecular complexity index is 437. The minimum Gasteiger partial charge on any atom is -0.391 e. The molecule has 18 heavy (non-hydrogen) atoms. The summed E-state index contributed by atoms with van der Waals surface area (Å²) < 4.78 is 0. The molecule has 0 spiro atoms. The zero-order valence-electron chi connectivity index (χ0n) is 10.6. The second-order valence-electron chi connectivity index (χ2n) is 4.21. The van der Waals surface area contributed by atoms with Crippen LogP contribution in [0.25, 0.3) is 0 Å². The molecule has 2 atom stereocenters. The largest absolute Gasteiger partial charge is 0.391 e. The minimum atomic E-state index is -0.558. The molecule has 5 heteroatoms. The highest BCUT2D eigenvalue weighted by atomic mass is 16.3.